The van der Waals surface area contributed by atoms with Crippen LogP contribution in [-0.4, -0.2) is 90.1 Å². The number of ketones is 1. The Bertz CT molecular complexity index is 1550. The van der Waals surface area contributed by atoms with Crippen molar-refractivity contribution in [3.63, 3.8) is 0 Å². The number of piperidine rings is 1. The molecule has 4 aliphatic rings. The summed E-state index contributed by atoms with van der Waals surface area (Å²) < 4.78 is 26.3. The number of carbonyl (C=O) groups excluding carboxylic acids is 5. The molecule has 0 bridgehead atoms. The molecule has 53 heavy (non-hydrogen) atoms. The number of rotatable bonds is 15. The molecule has 2 saturated carbocycles. The molecule has 298 valence electrons. The van der Waals surface area contributed by atoms with E-state index in [0.29, 0.717) is 19.4 Å². The number of hydrogen-bond donors (Lipinski definition) is 4. The Labute approximate surface area is 317 Å². The summed E-state index contributed by atoms with van der Waals surface area (Å²) in [5.74, 6) is -3.01. The second-order valence-corrected chi connectivity index (χ2v) is 20.4. The third-order valence-corrected chi connectivity index (χ3v) is 15.6. The number of unbranched alkanes of at least 4 members (excludes halogenated alkanes) is 1. The summed E-state index contributed by atoms with van der Waals surface area (Å²) in [7, 11) is -3.63. The van der Waals surface area contributed by atoms with Crippen LogP contribution in [0.15, 0.2) is 24.3 Å². The number of nitrogens with one attached hydrogen (secondary N) is 4. The van der Waals surface area contributed by atoms with E-state index in [9.17, 15) is 32.4 Å². The van der Waals surface area contributed by atoms with Crippen molar-refractivity contribution in [2.24, 2.45) is 29.1 Å². The molecule has 0 aromatic heterocycles. The van der Waals surface area contributed by atoms with Crippen LogP contribution in [0.3, 0.4) is 0 Å². The van der Waals surface area contributed by atoms with Gasteiger partial charge >= 0.3 is 6.03 Å². The third kappa shape index (κ3) is 9.02. The number of likely N-dealkylation sites (tertiary alicyclic amines) is 1. The van der Waals surface area contributed by atoms with Gasteiger partial charge in [0.05, 0.1) is 22.1 Å². The molecule has 13 heteroatoms. The van der Waals surface area contributed by atoms with Gasteiger partial charge in [-0.2, -0.15) is 0 Å². The fraction of sp³-hybridized carbons (Fsp3) is 0.775. The van der Waals surface area contributed by atoms with E-state index in [1.165, 1.54) is 6.08 Å². The zero-order chi connectivity index (χ0) is 39.5. The lowest BCUT2D eigenvalue weighted by Crippen LogP contribution is -2.67. The van der Waals surface area contributed by atoms with Gasteiger partial charge in [0.2, 0.25) is 17.6 Å². The number of urea groups is 1. The Hall–Kier alpha value is -3.22. The monoisotopic (exact) mass is 759 g/mol. The van der Waals surface area contributed by atoms with Crippen molar-refractivity contribution >= 4 is 39.4 Å². The molecule has 3 fully saturated rings. The van der Waals surface area contributed by atoms with Crippen LogP contribution in [0, 0.1) is 29.1 Å². The first kappa shape index (κ1) is 42.5. The van der Waals surface area contributed by atoms with Crippen molar-refractivity contribution in [3.05, 3.63) is 24.3 Å². The minimum absolute atomic E-state index is 0.0486. The highest BCUT2D eigenvalue weighted by Gasteiger charge is 2.69. The molecule has 12 nitrogen and oxygen atoms in total. The van der Waals surface area contributed by atoms with Crippen molar-refractivity contribution in [1.29, 1.82) is 0 Å². The maximum Gasteiger partial charge on any atom is 0.316 e. The molecule has 1 aliphatic heterocycles. The summed E-state index contributed by atoms with van der Waals surface area (Å²) in [4.78, 5) is 70.6. The molecule has 3 aliphatic carbocycles. The predicted molar refractivity (Wildman–Crippen MR) is 206 cm³/mol. The standard InChI is InChI=1S/C40H65N5O7S/c1-10-12-21-29(33(46)35(48)41-22-11-2)42-34(47)32-30-28(39(30,8)9)23-45(32)36(49)31(27-19-14-13-15-20-27)43-37(50)44-40(24-53(51,52)38(5,6)7)25(3)17-16-18-26(40)4/h11,19,25-26,28-32H,2,10,12-18,20-24H2,1,3-9H3,(H,41,48)(H,42,47)(H2,43,44,50)/t25-,26+,28-,29?,30-,31-,32-,40?/m0/s1. The molecule has 1 heterocycles. The van der Waals surface area contributed by atoms with Gasteiger partial charge in [0, 0.05) is 13.1 Å². The van der Waals surface area contributed by atoms with E-state index in [1.807, 2.05) is 26.8 Å². The minimum Gasteiger partial charge on any atom is -0.346 e. The van der Waals surface area contributed by atoms with E-state index in [-0.39, 0.29) is 47.8 Å². The van der Waals surface area contributed by atoms with Crippen molar-refractivity contribution in [2.45, 2.75) is 148 Å². The molecule has 4 rings (SSSR count). The Kier molecular flexibility index (Phi) is 13.4. The maximum atomic E-state index is 14.8. The molecule has 2 unspecified atom stereocenters. The summed E-state index contributed by atoms with van der Waals surface area (Å²) in [5.41, 5.74) is -0.486. The highest BCUT2D eigenvalue weighted by atomic mass is 32.2. The van der Waals surface area contributed by atoms with Gasteiger partial charge in [-0.25, -0.2) is 13.2 Å². The van der Waals surface area contributed by atoms with Gasteiger partial charge < -0.3 is 26.2 Å². The Balaban J connectivity index is 1.63. The van der Waals surface area contributed by atoms with Crippen LogP contribution in [0.4, 0.5) is 4.79 Å². The van der Waals surface area contributed by atoms with Crippen LogP contribution in [0.25, 0.3) is 0 Å². The molecule has 8 atom stereocenters. The third-order valence-electron chi connectivity index (χ3n) is 12.8. The molecular weight excluding hydrogens is 695 g/mol. The molecule has 0 radical (unpaired) electrons. The lowest BCUT2D eigenvalue weighted by atomic mass is 9.68. The molecule has 5 amide bonds. The second-order valence-electron chi connectivity index (χ2n) is 17.7. The quantitative estimate of drug-likeness (QED) is 0.140. The molecule has 0 spiro atoms. The van der Waals surface area contributed by atoms with E-state index >= 15 is 0 Å². The number of Topliss-reactive ketones (excluding diaryl/α,β-unsaturated/α-hetero) is 1. The van der Waals surface area contributed by atoms with Crippen molar-refractivity contribution in [1.82, 2.24) is 26.2 Å². The number of hydrogen-bond acceptors (Lipinski definition) is 7. The predicted octanol–water partition coefficient (Wildman–Crippen LogP) is 4.59. The average Bonchev–Trinajstić information content (AvgIpc) is 3.39. The zero-order valence-electron chi connectivity index (χ0n) is 33.3. The van der Waals surface area contributed by atoms with Crippen molar-refractivity contribution in [2.75, 3.05) is 18.8 Å². The van der Waals surface area contributed by atoms with E-state index in [4.69, 9.17) is 0 Å². The van der Waals surface area contributed by atoms with Crippen LogP contribution in [-0.2, 0) is 29.0 Å². The fourth-order valence-corrected chi connectivity index (χ4v) is 10.7. The first-order chi connectivity index (χ1) is 24.7. The number of amides is 5. The fourth-order valence-electron chi connectivity index (χ4n) is 8.97. The number of allylic oxidation sites excluding steroid dienone is 1. The summed E-state index contributed by atoms with van der Waals surface area (Å²) in [6, 6.07) is -3.61. The largest absolute Gasteiger partial charge is 0.346 e. The molecule has 0 aromatic carbocycles. The van der Waals surface area contributed by atoms with Crippen LogP contribution >= 0.6 is 0 Å². The lowest BCUT2D eigenvalue weighted by Gasteiger charge is -2.48. The van der Waals surface area contributed by atoms with Gasteiger partial charge in [0.15, 0.2) is 9.84 Å². The van der Waals surface area contributed by atoms with Gasteiger partial charge in [0.1, 0.15) is 12.1 Å². The highest BCUT2D eigenvalue weighted by molar-refractivity contribution is 7.92. The average molecular weight is 760 g/mol. The lowest BCUT2D eigenvalue weighted by molar-refractivity contribution is -0.143. The highest BCUT2D eigenvalue weighted by Crippen LogP contribution is 2.65. The van der Waals surface area contributed by atoms with E-state index in [2.05, 4.69) is 41.7 Å². The Morgan fingerprint density at radius 3 is 2.26 bits per heavy atom. The van der Waals surface area contributed by atoms with E-state index in [1.54, 1.807) is 25.7 Å². The van der Waals surface area contributed by atoms with E-state index < -0.39 is 67.8 Å². The zero-order valence-corrected chi connectivity index (χ0v) is 34.1. The number of carbonyl (C=O) groups is 5. The topological polar surface area (TPSA) is 171 Å². The van der Waals surface area contributed by atoms with Gasteiger partial charge in [-0.05, 0) is 100 Å². The van der Waals surface area contributed by atoms with Gasteiger partial charge in [-0.3, -0.25) is 19.2 Å². The number of sulfone groups is 1. The van der Waals surface area contributed by atoms with Gasteiger partial charge in [-0.1, -0.05) is 66.0 Å². The normalized spacial score (nSPS) is 29.1. The molecular formula is C40H65N5O7S. The van der Waals surface area contributed by atoms with Gasteiger partial charge in [-0.15, -0.1) is 6.58 Å². The number of fused-ring (bicyclic) bond motifs is 1. The summed E-state index contributed by atoms with van der Waals surface area (Å²) in [6.45, 7) is 19.1. The van der Waals surface area contributed by atoms with Crippen LogP contribution in [0.2, 0.25) is 0 Å². The van der Waals surface area contributed by atoms with Crippen LogP contribution in [0.1, 0.15) is 120 Å². The van der Waals surface area contributed by atoms with Crippen LogP contribution in [0.5, 0.6) is 0 Å². The van der Waals surface area contributed by atoms with E-state index in [0.717, 1.165) is 50.5 Å². The molecule has 1 saturated heterocycles. The maximum absolute atomic E-state index is 14.8. The summed E-state index contributed by atoms with van der Waals surface area (Å²) in [5, 5.41) is 11.5. The second kappa shape index (κ2) is 16.7. The first-order valence-electron chi connectivity index (χ1n) is 19.8. The SMILES string of the molecule is C=CCNC(=O)C(=O)C(CCCC)NC(=O)[C@@H]1[C@@H]2[C@H](CN1C(=O)[C@@H](NC(=O)NC1(CS(=O)(=O)C(C)(C)C)[C@H](C)CCC[C@@H]1C)C1=CCCCC1)C2(C)C. The molecule has 0 aromatic rings. The smallest absolute Gasteiger partial charge is 0.316 e. The van der Waals surface area contributed by atoms with Crippen LogP contribution < -0.4 is 21.3 Å². The summed E-state index contributed by atoms with van der Waals surface area (Å²) in [6.07, 6.45) is 10.7. The first-order valence-corrected chi connectivity index (χ1v) is 21.4. The molecule has 4 N–H and O–H groups in total. The summed E-state index contributed by atoms with van der Waals surface area (Å²) >= 11 is 0. The van der Waals surface area contributed by atoms with Gasteiger partial charge in [0.25, 0.3) is 5.91 Å². The van der Waals surface area contributed by atoms with Crippen molar-refractivity contribution < 1.29 is 32.4 Å². The number of nitrogens with zero attached hydrogens (tertiary/aromatic N) is 1. The Morgan fingerprint density at radius 2 is 1.70 bits per heavy atom. The minimum atomic E-state index is -3.63. The van der Waals surface area contributed by atoms with Crippen molar-refractivity contribution in [3.8, 4) is 0 Å². The Morgan fingerprint density at radius 1 is 1.04 bits per heavy atom.